The first kappa shape index (κ1) is 23.6. The molecule has 184 valence electrons. The molecule has 1 unspecified atom stereocenters. The van der Waals surface area contributed by atoms with Gasteiger partial charge in [-0.2, -0.15) is 0 Å². The third-order valence-electron chi connectivity index (χ3n) is 6.28. The average molecular weight is 483 g/mol. The molecule has 1 aliphatic rings. The molecular weight excluding hydrogens is 452 g/mol. The molecule has 2 heterocycles. The van der Waals surface area contributed by atoms with Crippen molar-refractivity contribution in [1.82, 2.24) is 14.5 Å². The van der Waals surface area contributed by atoms with E-state index in [-0.39, 0.29) is 6.23 Å². The zero-order chi connectivity index (χ0) is 24.9. The van der Waals surface area contributed by atoms with Crippen LogP contribution in [-0.4, -0.2) is 47.7 Å². The van der Waals surface area contributed by atoms with Gasteiger partial charge in [-0.25, -0.2) is 4.98 Å². The second kappa shape index (κ2) is 10.7. The van der Waals surface area contributed by atoms with Crippen molar-refractivity contribution in [3.8, 4) is 11.4 Å². The number of nitrogens with zero attached hydrogens (tertiary/aromatic N) is 4. The van der Waals surface area contributed by atoms with Crippen molar-refractivity contribution in [3.05, 3.63) is 96.1 Å². The smallest absolute Gasteiger partial charge is 0.227 e. The Labute approximate surface area is 211 Å². The largest absolute Gasteiger partial charge is 0.495 e. The number of ether oxygens (including phenoxy) is 2. The van der Waals surface area contributed by atoms with E-state index in [9.17, 15) is 0 Å². The monoisotopic (exact) mass is 482 g/mol. The van der Waals surface area contributed by atoms with Crippen LogP contribution in [0.1, 0.15) is 29.5 Å². The molecule has 1 atom stereocenters. The van der Waals surface area contributed by atoms with E-state index >= 15 is 0 Å². The van der Waals surface area contributed by atoms with Gasteiger partial charge in [0, 0.05) is 32.0 Å². The average Bonchev–Trinajstić information content (AvgIpc) is 3.53. The highest BCUT2D eigenvalue weighted by Crippen LogP contribution is 2.34. The molecule has 0 saturated carbocycles. The zero-order valence-electron chi connectivity index (χ0n) is 20.8. The third kappa shape index (κ3) is 4.83. The summed E-state index contributed by atoms with van der Waals surface area (Å²) in [7, 11) is 3.40. The molecule has 3 aromatic carbocycles. The summed E-state index contributed by atoms with van der Waals surface area (Å²) in [5.41, 5.74) is 3.99. The van der Waals surface area contributed by atoms with E-state index < -0.39 is 0 Å². The predicted molar refractivity (Wildman–Crippen MR) is 142 cm³/mol. The SMILES string of the molecule is COCCCN1C(C=Cc2ccc(-n3cnc(C)c3)c(OC)c2)=NOC1c1cccc2ccccc12. The van der Waals surface area contributed by atoms with Gasteiger partial charge in [0.25, 0.3) is 0 Å². The van der Waals surface area contributed by atoms with Gasteiger partial charge in [0.15, 0.2) is 5.84 Å². The van der Waals surface area contributed by atoms with Crippen molar-refractivity contribution in [2.45, 2.75) is 19.6 Å². The first-order valence-corrected chi connectivity index (χ1v) is 12.0. The first-order valence-electron chi connectivity index (χ1n) is 12.0. The van der Waals surface area contributed by atoms with Gasteiger partial charge >= 0.3 is 0 Å². The second-order valence-corrected chi connectivity index (χ2v) is 8.70. The maximum atomic E-state index is 6.00. The van der Waals surface area contributed by atoms with Crippen LogP contribution in [-0.2, 0) is 9.57 Å². The lowest BCUT2D eigenvalue weighted by molar-refractivity contribution is 0.00759. The topological polar surface area (TPSA) is 61.1 Å². The van der Waals surface area contributed by atoms with Crippen LogP contribution >= 0.6 is 0 Å². The number of rotatable bonds is 9. The summed E-state index contributed by atoms with van der Waals surface area (Å²) in [6.07, 6.45) is 8.35. The van der Waals surface area contributed by atoms with Crippen molar-refractivity contribution < 1.29 is 14.3 Å². The summed E-state index contributed by atoms with van der Waals surface area (Å²) < 4.78 is 12.9. The van der Waals surface area contributed by atoms with E-state index in [2.05, 4.69) is 63.6 Å². The summed E-state index contributed by atoms with van der Waals surface area (Å²) in [6, 6.07) is 20.7. The number of methoxy groups -OCH3 is 2. The normalized spacial score (nSPS) is 15.5. The van der Waals surface area contributed by atoms with Gasteiger partial charge in [0.05, 0.1) is 24.8 Å². The third-order valence-corrected chi connectivity index (χ3v) is 6.28. The molecule has 1 aliphatic heterocycles. The lowest BCUT2D eigenvalue weighted by Crippen LogP contribution is -2.31. The summed E-state index contributed by atoms with van der Waals surface area (Å²) in [5, 5.41) is 6.80. The molecule has 36 heavy (non-hydrogen) atoms. The summed E-state index contributed by atoms with van der Waals surface area (Å²) in [5.74, 6) is 1.54. The lowest BCUT2D eigenvalue weighted by Gasteiger charge is -2.25. The van der Waals surface area contributed by atoms with Gasteiger partial charge in [0.2, 0.25) is 6.23 Å². The molecule has 0 N–H and O–H groups in total. The Balaban J connectivity index is 1.41. The van der Waals surface area contributed by atoms with Gasteiger partial charge in [-0.3, -0.25) is 0 Å². The molecule has 1 aromatic heterocycles. The Hall–Kier alpha value is -4.10. The Bertz CT molecular complexity index is 1400. The van der Waals surface area contributed by atoms with Crippen LogP contribution in [0.4, 0.5) is 0 Å². The van der Waals surface area contributed by atoms with E-state index in [1.807, 2.05) is 42.0 Å². The highest BCUT2D eigenvalue weighted by atomic mass is 16.7. The number of aromatic nitrogens is 2. The number of hydrogen-bond acceptors (Lipinski definition) is 6. The van der Waals surface area contributed by atoms with E-state index in [4.69, 9.17) is 14.3 Å². The Kier molecular flexibility index (Phi) is 7.00. The molecule has 0 radical (unpaired) electrons. The fourth-order valence-electron chi connectivity index (χ4n) is 4.50. The molecule has 4 aromatic rings. The predicted octanol–water partition coefficient (Wildman–Crippen LogP) is 5.74. The molecule has 7 heteroatoms. The van der Waals surface area contributed by atoms with E-state index in [1.54, 1.807) is 20.5 Å². The van der Waals surface area contributed by atoms with Crippen molar-refractivity contribution >= 4 is 22.7 Å². The van der Waals surface area contributed by atoms with Crippen LogP contribution in [0, 0.1) is 6.92 Å². The van der Waals surface area contributed by atoms with Crippen molar-refractivity contribution in [3.63, 3.8) is 0 Å². The van der Waals surface area contributed by atoms with Crippen LogP contribution in [0.25, 0.3) is 22.5 Å². The number of oxime groups is 1. The molecule has 0 saturated heterocycles. The zero-order valence-corrected chi connectivity index (χ0v) is 20.8. The number of imidazole rings is 1. The molecular formula is C29H30N4O3. The number of hydrogen-bond donors (Lipinski definition) is 0. The molecule has 0 bridgehead atoms. The summed E-state index contributed by atoms with van der Waals surface area (Å²) in [4.78, 5) is 12.5. The molecule has 0 spiro atoms. The van der Waals surface area contributed by atoms with Crippen LogP contribution in [0.2, 0.25) is 0 Å². The van der Waals surface area contributed by atoms with E-state index in [0.717, 1.165) is 52.4 Å². The van der Waals surface area contributed by atoms with Gasteiger partial charge in [-0.15, -0.1) is 0 Å². The lowest BCUT2D eigenvalue weighted by atomic mass is 10.0. The maximum Gasteiger partial charge on any atom is 0.227 e. The van der Waals surface area contributed by atoms with Crippen molar-refractivity contribution in [1.29, 1.82) is 0 Å². The van der Waals surface area contributed by atoms with Crippen molar-refractivity contribution in [2.75, 3.05) is 27.4 Å². The van der Waals surface area contributed by atoms with Crippen LogP contribution in [0.15, 0.2) is 84.4 Å². The van der Waals surface area contributed by atoms with E-state index in [0.29, 0.717) is 6.61 Å². The minimum Gasteiger partial charge on any atom is -0.495 e. The van der Waals surface area contributed by atoms with E-state index in [1.165, 1.54) is 5.39 Å². The summed E-state index contributed by atoms with van der Waals surface area (Å²) in [6.45, 7) is 3.39. The number of benzene rings is 3. The van der Waals surface area contributed by atoms with Crippen molar-refractivity contribution in [2.24, 2.45) is 5.16 Å². The highest BCUT2D eigenvalue weighted by molar-refractivity contribution is 5.97. The first-order chi connectivity index (χ1) is 17.7. The summed E-state index contributed by atoms with van der Waals surface area (Å²) >= 11 is 0. The van der Waals surface area contributed by atoms with Gasteiger partial charge in [-0.1, -0.05) is 59.8 Å². The maximum absolute atomic E-state index is 6.00. The fourth-order valence-corrected chi connectivity index (χ4v) is 4.50. The molecule has 0 aliphatic carbocycles. The van der Waals surface area contributed by atoms with Gasteiger partial charge < -0.3 is 23.8 Å². The minimum atomic E-state index is -0.297. The standard InChI is InChI=1S/C29H30N4O3/c1-21-19-32(20-30-21)26-14-12-22(18-27(26)35-3)13-15-28-31-36-29(33(28)16-7-17-34-2)25-11-6-9-23-8-4-5-10-24(23)25/h4-6,8-15,18-20,29H,7,16-17H2,1-3H3. The molecule has 0 amide bonds. The van der Waals surface area contributed by atoms with Gasteiger partial charge in [-0.05, 0) is 47.9 Å². The highest BCUT2D eigenvalue weighted by Gasteiger charge is 2.31. The van der Waals surface area contributed by atoms with Crippen LogP contribution < -0.4 is 4.74 Å². The Morgan fingerprint density at radius 3 is 2.69 bits per heavy atom. The second-order valence-electron chi connectivity index (χ2n) is 8.70. The Morgan fingerprint density at radius 1 is 1.03 bits per heavy atom. The number of amidine groups is 1. The minimum absolute atomic E-state index is 0.297. The number of aryl methyl sites for hydroxylation is 1. The van der Waals surface area contributed by atoms with Crippen LogP contribution in [0.5, 0.6) is 5.75 Å². The van der Waals surface area contributed by atoms with Crippen LogP contribution in [0.3, 0.4) is 0 Å². The quantitative estimate of drug-likeness (QED) is 0.285. The molecule has 5 rings (SSSR count). The molecule has 7 nitrogen and oxygen atoms in total. The Morgan fingerprint density at radius 2 is 1.89 bits per heavy atom. The fraction of sp³-hybridized carbons (Fsp3) is 0.241. The number of fused-ring (bicyclic) bond motifs is 1. The molecule has 0 fully saturated rings. The van der Waals surface area contributed by atoms with Gasteiger partial charge in [0.1, 0.15) is 5.75 Å².